The summed E-state index contributed by atoms with van der Waals surface area (Å²) < 4.78 is 0. The van der Waals surface area contributed by atoms with E-state index in [0.717, 1.165) is 17.7 Å². The molecule has 0 radical (unpaired) electrons. The molecule has 0 unspecified atom stereocenters. The number of aryl methyl sites for hydroxylation is 1. The lowest BCUT2D eigenvalue weighted by molar-refractivity contribution is -0.116. The number of nitrogens with two attached hydrogens (primary N) is 1. The fourth-order valence-corrected chi connectivity index (χ4v) is 2.77. The minimum absolute atomic E-state index is 0. The van der Waals surface area contributed by atoms with Crippen LogP contribution in [0.2, 0.25) is 0 Å². The summed E-state index contributed by atoms with van der Waals surface area (Å²) in [6, 6.07) is 15.9. The highest BCUT2D eigenvalue weighted by Crippen LogP contribution is 2.19. The minimum atomic E-state index is -0.000927. The number of aromatic nitrogens is 3. The molecule has 1 amide bonds. The van der Waals surface area contributed by atoms with Crippen molar-refractivity contribution in [1.29, 1.82) is 0 Å². The molecular weight excluding hydrogens is 374 g/mol. The second kappa shape index (κ2) is 10.0. The van der Waals surface area contributed by atoms with Gasteiger partial charge in [0.1, 0.15) is 5.82 Å². The molecule has 0 atom stereocenters. The highest BCUT2D eigenvalue weighted by Gasteiger charge is 2.07. The number of hydrogen-bond donors (Lipinski definition) is 3. The van der Waals surface area contributed by atoms with E-state index in [9.17, 15) is 4.79 Å². The first-order valence-corrected chi connectivity index (χ1v) is 9.15. The van der Waals surface area contributed by atoms with E-state index in [-0.39, 0.29) is 18.3 Å². The molecule has 0 aliphatic rings. The zero-order valence-corrected chi connectivity index (χ0v) is 16.9. The van der Waals surface area contributed by atoms with E-state index in [0.29, 0.717) is 30.5 Å². The van der Waals surface area contributed by atoms with Gasteiger partial charge in [-0.2, -0.15) is 5.10 Å². The summed E-state index contributed by atoms with van der Waals surface area (Å²) in [5.74, 6) is 1.75. The molecule has 0 saturated carbocycles. The molecule has 2 aromatic carbocycles. The van der Waals surface area contributed by atoms with Gasteiger partial charge in [0.25, 0.3) is 0 Å². The number of anilines is 1. The van der Waals surface area contributed by atoms with E-state index in [1.54, 1.807) is 0 Å². The highest BCUT2D eigenvalue weighted by atomic mass is 35.5. The molecule has 0 bridgehead atoms. The van der Waals surface area contributed by atoms with Crippen molar-refractivity contribution in [3.05, 3.63) is 65.5 Å². The maximum atomic E-state index is 12.2. The van der Waals surface area contributed by atoms with Crippen LogP contribution < -0.4 is 11.1 Å². The number of aromatic amines is 1. The maximum absolute atomic E-state index is 12.2. The molecule has 1 heterocycles. The standard InChI is InChI=1S/C21H25N5O.ClH/c1-14(2)16-6-3-15(4-7-16)5-12-20(27)23-18-10-8-17(9-11-18)21-24-19(13-22)25-26-21;/h3-4,6-11,14H,5,12-13,22H2,1-2H3,(H,23,27)(H,24,25,26);1H. The molecule has 4 N–H and O–H groups in total. The SMILES string of the molecule is CC(C)c1ccc(CCC(=O)Nc2ccc(-c3n[nH]c(CN)n3)cc2)cc1.Cl. The molecule has 1 aromatic heterocycles. The minimum Gasteiger partial charge on any atom is -0.326 e. The van der Waals surface area contributed by atoms with Gasteiger partial charge in [-0.1, -0.05) is 38.1 Å². The quantitative estimate of drug-likeness (QED) is 0.558. The number of halogens is 1. The first kappa shape index (κ1) is 21.6. The zero-order chi connectivity index (χ0) is 19.2. The molecule has 0 saturated heterocycles. The summed E-state index contributed by atoms with van der Waals surface area (Å²) in [4.78, 5) is 16.5. The van der Waals surface area contributed by atoms with Crippen LogP contribution in [0.5, 0.6) is 0 Å². The Balaban J connectivity index is 0.00000280. The van der Waals surface area contributed by atoms with Crippen molar-refractivity contribution >= 4 is 24.0 Å². The number of hydrogen-bond acceptors (Lipinski definition) is 4. The van der Waals surface area contributed by atoms with E-state index in [2.05, 4.69) is 58.6 Å². The largest absolute Gasteiger partial charge is 0.326 e. The van der Waals surface area contributed by atoms with Gasteiger partial charge in [-0.3, -0.25) is 9.89 Å². The molecule has 0 spiro atoms. The molecule has 3 aromatic rings. The van der Waals surface area contributed by atoms with Crippen molar-refractivity contribution in [1.82, 2.24) is 15.2 Å². The van der Waals surface area contributed by atoms with Crippen LogP contribution in [0.1, 0.15) is 43.1 Å². The Kier molecular flexibility index (Phi) is 7.72. The van der Waals surface area contributed by atoms with Crippen molar-refractivity contribution in [3.63, 3.8) is 0 Å². The van der Waals surface area contributed by atoms with E-state index in [1.165, 1.54) is 11.1 Å². The number of carbonyl (C=O) groups excluding carboxylic acids is 1. The number of amides is 1. The Morgan fingerprint density at radius 2 is 1.79 bits per heavy atom. The Morgan fingerprint density at radius 1 is 1.11 bits per heavy atom. The molecule has 3 rings (SSSR count). The molecule has 0 fully saturated rings. The molecule has 0 aliphatic heterocycles. The molecule has 148 valence electrons. The third-order valence-electron chi connectivity index (χ3n) is 4.44. The van der Waals surface area contributed by atoms with Crippen LogP contribution in [0, 0.1) is 0 Å². The van der Waals surface area contributed by atoms with Crippen LogP contribution in [0.25, 0.3) is 11.4 Å². The second-order valence-electron chi connectivity index (χ2n) is 6.83. The Bertz CT molecular complexity index is 888. The van der Waals surface area contributed by atoms with Gasteiger partial charge in [-0.15, -0.1) is 12.4 Å². The van der Waals surface area contributed by atoms with E-state index < -0.39 is 0 Å². The first-order chi connectivity index (χ1) is 13.0. The van der Waals surface area contributed by atoms with E-state index in [4.69, 9.17) is 5.73 Å². The first-order valence-electron chi connectivity index (χ1n) is 9.15. The second-order valence-corrected chi connectivity index (χ2v) is 6.83. The summed E-state index contributed by atoms with van der Waals surface area (Å²) in [7, 11) is 0. The fourth-order valence-electron chi connectivity index (χ4n) is 2.77. The van der Waals surface area contributed by atoms with Crippen LogP contribution in [0.3, 0.4) is 0 Å². The third kappa shape index (κ3) is 5.65. The zero-order valence-electron chi connectivity index (χ0n) is 16.1. The maximum Gasteiger partial charge on any atom is 0.224 e. The van der Waals surface area contributed by atoms with Gasteiger partial charge in [0.2, 0.25) is 5.91 Å². The average Bonchev–Trinajstić information content (AvgIpc) is 3.16. The van der Waals surface area contributed by atoms with Crippen LogP contribution in [-0.2, 0) is 17.8 Å². The Labute approximate surface area is 171 Å². The van der Waals surface area contributed by atoms with Gasteiger partial charge >= 0.3 is 0 Å². The lowest BCUT2D eigenvalue weighted by Gasteiger charge is -2.08. The average molecular weight is 400 g/mol. The van der Waals surface area contributed by atoms with Crippen molar-refractivity contribution in [3.8, 4) is 11.4 Å². The molecular formula is C21H26ClN5O. The van der Waals surface area contributed by atoms with Crippen molar-refractivity contribution in [2.24, 2.45) is 5.73 Å². The third-order valence-corrected chi connectivity index (χ3v) is 4.44. The normalized spacial score (nSPS) is 10.6. The monoisotopic (exact) mass is 399 g/mol. The molecule has 28 heavy (non-hydrogen) atoms. The van der Waals surface area contributed by atoms with Gasteiger partial charge in [0.15, 0.2) is 5.82 Å². The predicted molar refractivity (Wildman–Crippen MR) is 114 cm³/mol. The van der Waals surface area contributed by atoms with E-state index in [1.807, 2.05) is 24.3 Å². The number of H-pyrrole nitrogens is 1. The Hall–Kier alpha value is -2.70. The van der Waals surface area contributed by atoms with Gasteiger partial charge in [-0.05, 0) is 47.7 Å². The number of carbonyl (C=O) groups is 1. The summed E-state index contributed by atoms with van der Waals surface area (Å²) in [6.45, 7) is 4.67. The van der Waals surface area contributed by atoms with Crippen LogP contribution in [-0.4, -0.2) is 21.1 Å². The van der Waals surface area contributed by atoms with Gasteiger partial charge in [-0.25, -0.2) is 4.98 Å². The number of rotatable bonds is 7. The van der Waals surface area contributed by atoms with Crippen LogP contribution >= 0.6 is 12.4 Å². The molecule has 7 heteroatoms. The van der Waals surface area contributed by atoms with Crippen molar-refractivity contribution in [2.75, 3.05) is 5.32 Å². The summed E-state index contributed by atoms with van der Waals surface area (Å²) in [6.07, 6.45) is 1.17. The predicted octanol–water partition coefficient (Wildman–Crippen LogP) is 4.05. The Morgan fingerprint density at radius 3 is 2.36 bits per heavy atom. The summed E-state index contributed by atoms with van der Waals surface area (Å²) in [5.41, 5.74) is 9.64. The molecule has 6 nitrogen and oxygen atoms in total. The van der Waals surface area contributed by atoms with Crippen LogP contribution in [0.15, 0.2) is 48.5 Å². The van der Waals surface area contributed by atoms with Crippen molar-refractivity contribution in [2.45, 2.75) is 39.2 Å². The lowest BCUT2D eigenvalue weighted by Crippen LogP contribution is -2.12. The fraction of sp³-hybridized carbons (Fsp3) is 0.286. The lowest BCUT2D eigenvalue weighted by atomic mass is 10.0. The highest BCUT2D eigenvalue weighted by molar-refractivity contribution is 5.91. The number of nitrogens with one attached hydrogen (secondary N) is 2. The molecule has 0 aliphatic carbocycles. The topological polar surface area (TPSA) is 96.7 Å². The van der Waals surface area contributed by atoms with Crippen molar-refractivity contribution < 1.29 is 4.79 Å². The summed E-state index contributed by atoms with van der Waals surface area (Å²) in [5, 5.41) is 9.84. The number of benzene rings is 2. The summed E-state index contributed by atoms with van der Waals surface area (Å²) >= 11 is 0. The smallest absolute Gasteiger partial charge is 0.224 e. The van der Waals surface area contributed by atoms with Gasteiger partial charge in [0, 0.05) is 17.7 Å². The van der Waals surface area contributed by atoms with E-state index >= 15 is 0 Å². The van der Waals surface area contributed by atoms with Crippen LogP contribution in [0.4, 0.5) is 5.69 Å². The van der Waals surface area contributed by atoms with Gasteiger partial charge in [0.05, 0.1) is 6.54 Å². The number of nitrogens with zero attached hydrogens (tertiary/aromatic N) is 2. The van der Waals surface area contributed by atoms with Gasteiger partial charge < -0.3 is 11.1 Å².